The van der Waals surface area contributed by atoms with Gasteiger partial charge >= 0.3 is 12.2 Å². The van der Waals surface area contributed by atoms with E-state index >= 15 is 0 Å². The maximum Gasteiger partial charge on any atom is 0.508 e. The molecule has 1 aliphatic heterocycles. The molecular formula is C21H39NO5. The van der Waals surface area contributed by atoms with Crippen LogP contribution in [0, 0.1) is 0 Å². The van der Waals surface area contributed by atoms with Crippen LogP contribution in [-0.4, -0.2) is 49.6 Å². The van der Waals surface area contributed by atoms with E-state index in [0.29, 0.717) is 0 Å². The SMILES string of the molecule is CCCCCCCCN(CCCCCCCC)C(=O)OCC1COC(=O)O1. The average molecular weight is 386 g/mol. The number of cyclic esters (lactones) is 2. The van der Waals surface area contributed by atoms with Crippen LogP contribution in [0.3, 0.4) is 0 Å². The molecule has 0 aromatic rings. The van der Waals surface area contributed by atoms with Gasteiger partial charge in [-0.15, -0.1) is 0 Å². The van der Waals surface area contributed by atoms with Crippen molar-refractivity contribution in [1.82, 2.24) is 4.90 Å². The third kappa shape index (κ3) is 11.8. The summed E-state index contributed by atoms with van der Waals surface area (Å²) in [6.45, 7) is 6.12. The summed E-state index contributed by atoms with van der Waals surface area (Å²) in [5, 5.41) is 0. The quantitative estimate of drug-likeness (QED) is 0.252. The predicted octanol–water partition coefficient (Wildman–Crippen LogP) is 5.68. The molecule has 1 atom stereocenters. The monoisotopic (exact) mass is 385 g/mol. The van der Waals surface area contributed by atoms with Crippen LogP contribution in [0.2, 0.25) is 0 Å². The van der Waals surface area contributed by atoms with Crippen molar-refractivity contribution < 1.29 is 23.8 Å². The molecule has 0 radical (unpaired) electrons. The number of rotatable bonds is 16. The van der Waals surface area contributed by atoms with Crippen LogP contribution in [0.25, 0.3) is 0 Å². The number of unbranched alkanes of at least 4 members (excludes halogenated alkanes) is 10. The fraction of sp³-hybridized carbons (Fsp3) is 0.905. The molecule has 1 rings (SSSR count). The summed E-state index contributed by atoms with van der Waals surface area (Å²) in [6, 6.07) is 0. The summed E-state index contributed by atoms with van der Waals surface area (Å²) >= 11 is 0. The van der Waals surface area contributed by atoms with Gasteiger partial charge in [0.2, 0.25) is 0 Å². The lowest BCUT2D eigenvalue weighted by molar-refractivity contribution is 0.0531. The van der Waals surface area contributed by atoms with E-state index in [9.17, 15) is 9.59 Å². The van der Waals surface area contributed by atoms with E-state index in [1.165, 1.54) is 51.4 Å². The number of carbonyl (C=O) groups excluding carboxylic acids is 2. The first kappa shape index (κ1) is 23.6. The lowest BCUT2D eigenvalue weighted by Crippen LogP contribution is -2.35. The molecule has 1 aliphatic rings. The van der Waals surface area contributed by atoms with Crippen molar-refractivity contribution in [3.63, 3.8) is 0 Å². The summed E-state index contributed by atoms with van der Waals surface area (Å²) in [4.78, 5) is 25.2. The van der Waals surface area contributed by atoms with Crippen molar-refractivity contribution in [1.29, 1.82) is 0 Å². The van der Waals surface area contributed by atoms with Gasteiger partial charge in [0, 0.05) is 13.1 Å². The Kier molecular flexibility index (Phi) is 13.6. The summed E-state index contributed by atoms with van der Waals surface area (Å²) in [5.74, 6) is 0. The van der Waals surface area contributed by atoms with E-state index in [4.69, 9.17) is 14.2 Å². The predicted molar refractivity (Wildman–Crippen MR) is 106 cm³/mol. The van der Waals surface area contributed by atoms with E-state index < -0.39 is 12.3 Å². The van der Waals surface area contributed by atoms with Crippen molar-refractivity contribution in [2.24, 2.45) is 0 Å². The Morgan fingerprint density at radius 1 is 0.926 bits per heavy atom. The number of hydrogen-bond acceptors (Lipinski definition) is 5. The van der Waals surface area contributed by atoms with Crippen molar-refractivity contribution in [3.05, 3.63) is 0 Å². The first-order valence-electron chi connectivity index (χ1n) is 10.9. The van der Waals surface area contributed by atoms with Gasteiger partial charge in [0.1, 0.15) is 13.2 Å². The maximum absolute atomic E-state index is 12.4. The third-order valence-electron chi connectivity index (χ3n) is 4.86. The van der Waals surface area contributed by atoms with Gasteiger partial charge in [-0.3, -0.25) is 0 Å². The molecule has 1 saturated heterocycles. The Balaban J connectivity index is 2.28. The average Bonchev–Trinajstić information content (AvgIpc) is 3.08. The number of ether oxygens (including phenoxy) is 3. The van der Waals surface area contributed by atoms with Gasteiger partial charge in [-0.2, -0.15) is 0 Å². The summed E-state index contributed by atoms with van der Waals surface area (Å²) in [5.41, 5.74) is 0. The molecule has 1 unspecified atom stereocenters. The Morgan fingerprint density at radius 3 is 1.93 bits per heavy atom. The molecule has 158 valence electrons. The standard InChI is InChI=1S/C21H39NO5/c1-3-5-7-9-11-13-15-22(16-14-12-10-8-6-4-2)20(23)25-17-19-18-26-21(24)27-19/h19H,3-18H2,1-2H3. The normalized spacial score (nSPS) is 16.1. The highest BCUT2D eigenvalue weighted by molar-refractivity contribution is 5.67. The lowest BCUT2D eigenvalue weighted by Gasteiger charge is -2.22. The van der Waals surface area contributed by atoms with Gasteiger partial charge in [0.15, 0.2) is 6.10 Å². The molecule has 6 nitrogen and oxygen atoms in total. The minimum Gasteiger partial charge on any atom is -0.445 e. The van der Waals surface area contributed by atoms with Gasteiger partial charge in [-0.25, -0.2) is 9.59 Å². The van der Waals surface area contributed by atoms with E-state index in [-0.39, 0.29) is 19.3 Å². The first-order chi connectivity index (χ1) is 13.2. The highest BCUT2D eigenvalue weighted by Gasteiger charge is 2.27. The smallest absolute Gasteiger partial charge is 0.445 e. The zero-order valence-corrected chi connectivity index (χ0v) is 17.4. The topological polar surface area (TPSA) is 65.1 Å². The zero-order chi connectivity index (χ0) is 19.7. The van der Waals surface area contributed by atoms with Gasteiger partial charge in [-0.05, 0) is 12.8 Å². The molecule has 0 aromatic carbocycles. The van der Waals surface area contributed by atoms with Gasteiger partial charge in [0.25, 0.3) is 0 Å². The van der Waals surface area contributed by atoms with Crippen LogP contribution in [0.5, 0.6) is 0 Å². The van der Waals surface area contributed by atoms with Gasteiger partial charge in [0.05, 0.1) is 0 Å². The zero-order valence-electron chi connectivity index (χ0n) is 17.4. The van der Waals surface area contributed by atoms with E-state index in [1.807, 2.05) is 4.90 Å². The molecule has 0 spiro atoms. The maximum atomic E-state index is 12.4. The number of nitrogens with zero attached hydrogens (tertiary/aromatic N) is 1. The van der Waals surface area contributed by atoms with E-state index in [0.717, 1.165) is 38.8 Å². The van der Waals surface area contributed by atoms with Crippen molar-refractivity contribution in [3.8, 4) is 0 Å². The van der Waals surface area contributed by atoms with Gasteiger partial charge < -0.3 is 19.1 Å². The largest absolute Gasteiger partial charge is 0.508 e. The van der Waals surface area contributed by atoms with Crippen molar-refractivity contribution >= 4 is 12.2 Å². The molecule has 1 fully saturated rings. The van der Waals surface area contributed by atoms with Crippen LogP contribution >= 0.6 is 0 Å². The molecule has 6 heteroatoms. The van der Waals surface area contributed by atoms with Crippen molar-refractivity contribution in [2.45, 2.75) is 97.0 Å². The fourth-order valence-corrected chi connectivity index (χ4v) is 3.16. The minimum atomic E-state index is -0.688. The van der Waals surface area contributed by atoms with Gasteiger partial charge in [-0.1, -0.05) is 78.1 Å². The molecule has 0 saturated carbocycles. The first-order valence-corrected chi connectivity index (χ1v) is 10.9. The van der Waals surface area contributed by atoms with Crippen molar-refractivity contribution in [2.75, 3.05) is 26.3 Å². The van der Waals surface area contributed by atoms with Crippen LogP contribution in [0.15, 0.2) is 0 Å². The number of hydrogen-bond donors (Lipinski definition) is 0. The summed E-state index contributed by atoms with van der Waals surface area (Å²) in [6.07, 6.45) is 12.9. The Morgan fingerprint density at radius 2 is 1.44 bits per heavy atom. The Hall–Kier alpha value is -1.46. The Bertz CT molecular complexity index is 386. The van der Waals surface area contributed by atoms with E-state index in [1.54, 1.807) is 0 Å². The van der Waals surface area contributed by atoms with Crippen LogP contribution in [0.1, 0.15) is 90.9 Å². The van der Waals surface area contributed by atoms with E-state index in [2.05, 4.69) is 13.8 Å². The highest BCUT2D eigenvalue weighted by atomic mass is 16.8. The Labute approximate surface area is 164 Å². The lowest BCUT2D eigenvalue weighted by atomic mass is 10.1. The van der Waals surface area contributed by atoms with Crippen LogP contribution in [-0.2, 0) is 14.2 Å². The second-order valence-electron chi connectivity index (χ2n) is 7.40. The second-order valence-corrected chi connectivity index (χ2v) is 7.40. The molecule has 1 amide bonds. The molecule has 27 heavy (non-hydrogen) atoms. The number of amides is 1. The van der Waals surface area contributed by atoms with Crippen LogP contribution in [0.4, 0.5) is 9.59 Å². The molecule has 0 aromatic heterocycles. The molecule has 0 bridgehead atoms. The highest BCUT2D eigenvalue weighted by Crippen LogP contribution is 2.11. The van der Waals surface area contributed by atoms with Crippen LogP contribution < -0.4 is 0 Å². The molecule has 1 heterocycles. The second kappa shape index (κ2) is 15.6. The third-order valence-corrected chi connectivity index (χ3v) is 4.86. The number of carbonyl (C=O) groups is 2. The summed E-state index contributed by atoms with van der Waals surface area (Å²) in [7, 11) is 0. The fourth-order valence-electron chi connectivity index (χ4n) is 3.16. The minimum absolute atomic E-state index is 0.0636. The summed E-state index contributed by atoms with van der Waals surface area (Å²) < 4.78 is 15.0. The molecule has 0 N–H and O–H groups in total. The molecule has 0 aliphatic carbocycles. The molecular weight excluding hydrogens is 346 g/mol.